The Balaban J connectivity index is 1.69. The number of amides is 1. The van der Waals surface area contributed by atoms with E-state index >= 15 is 0 Å². The van der Waals surface area contributed by atoms with Crippen LogP contribution in [0.25, 0.3) is 0 Å². The van der Waals surface area contributed by atoms with E-state index in [-0.39, 0.29) is 0 Å². The van der Waals surface area contributed by atoms with E-state index in [2.05, 4.69) is 16.8 Å². The molecule has 2 heterocycles. The van der Waals surface area contributed by atoms with Crippen molar-refractivity contribution >= 4 is 5.91 Å². The van der Waals surface area contributed by atoms with E-state index in [1.165, 1.54) is 12.8 Å². The molecule has 2 fully saturated rings. The van der Waals surface area contributed by atoms with E-state index in [1.54, 1.807) is 0 Å². The Morgan fingerprint density at radius 3 is 2.32 bits per heavy atom. The van der Waals surface area contributed by atoms with Crippen molar-refractivity contribution in [1.82, 2.24) is 14.7 Å². The topological polar surface area (TPSA) is 52.8 Å². The van der Waals surface area contributed by atoms with Crippen LogP contribution in [-0.4, -0.2) is 80.0 Å². The van der Waals surface area contributed by atoms with E-state index in [4.69, 9.17) is 5.73 Å². The maximum absolute atomic E-state index is 12.2. The summed E-state index contributed by atoms with van der Waals surface area (Å²) in [7, 11) is 2.12. The molecule has 0 aromatic carbocycles. The average molecular weight is 268 g/mol. The summed E-state index contributed by atoms with van der Waals surface area (Å²) in [6.07, 6.45) is 3.54. The first-order chi connectivity index (χ1) is 9.19. The molecule has 0 atom stereocenters. The minimum atomic E-state index is 0.311. The van der Waals surface area contributed by atoms with Gasteiger partial charge in [-0.05, 0) is 51.9 Å². The third-order valence-corrected chi connectivity index (χ3v) is 4.50. The number of likely N-dealkylation sites (tertiary alicyclic amines) is 1. The lowest BCUT2D eigenvalue weighted by atomic mass is 9.94. The first-order valence-electron chi connectivity index (χ1n) is 7.58. The monoisotopic (exact) mass is 268 g/mol. The highest BCUT2D eigenvalue weighted by molar-refractivity contribution is 5.78. The summed E-state index contributed by atoms with van der Waals surface area (Å²) < 4.78 is 0. The van der Waals surface area contributed by atoms with Crippen LogP contribution in [-0.2, 0) is 4.79 Å². The fourth-order valence-corrected chi connectivity index (χ4v) is 3.02. The number of rotatable bonds is 4. The SMILES string of the molecule is CN1CCN(C(=O)CN2CCC(CCN)CC2)CC1. The summed E-state index contributed by atoms with van der Waals surface area (Å²) in [6.45, 7) is 7.31. The molecular formula is C14H28N4O. The van der Waals surface area contributed by atoms with Gasteiger partial charge in [0.25, 0.3) is 0 Å². The molecule has 2 aliphatic rings. The van der Waals surface area contributed by atoms with Crippen molar-refractivity contribution in [2.75, 3.05) is 59.4 Å². The quantitative estimate of drug-likeness (QED) is 0.768. The molecule has 5 nitrogen and oxygen atoms in total. The molecule has 2 N–H and O–H groups in total. The highest BCUT2D eigenvalue weighted by Gasteiger charge is 2.24. The van der Waals surface area contributed by atoms with Crippen molar-refractivity contribution < 1.29 is 4.79 Å². The Bertz CT molecular complexity index is 281. The zero-order valence-corrected chi connectivity index (χ0v) is 12.2. The number of likely N-dealkylation sites (N-methyl/N-ethyl adjacent to an activating group) is 1. The number of nitrogens with two attached hydrogens (primary N) is 1. The van der Waals surface area contributed by atoms with E-state index < -0.39 is 0 Å². The predicted octanol–water partition coefficient (Wildman–Crippen LogP) is -0.179. The molecule has 1 amide bonds. The Hall–Kier alpha value is -0.650. The van der Waals surface area contributed by atoms with Gasteiger partial charge in [-0.3, -0.25) is 9.69 Å². The minimum Gasteiger partial charge on any atom is -0.339 e. The Morgan fingerprint density at radius 1 is 1.11 bits per heavy atom. The molecule has 0 bridgehead atoms. The van der Waals surface area contributed by atoms with Crippen LogP contribution in [0.1, 0.15) is 19.3 Å². The van der Waals surface area contributed by atoms with Gasteiger partial charge in [-0.25, -0.2) is 0 Å². The standard InChI is InChI=1S/C14H28N4O/c1-16-8-10-18(11-9-16)14(19)12-17-6-3-13(2-5-15)4-7-17/h13H,2-12,15H2,1H3. The molecule has 0 aromatic rings. The van der Waals surface area contributed by atoms with Crippen molar-refractivity contribution in [3.63, 3.8) is 0 Å². The molecular weight excluding hydrogens is 240 g/mol. The smallest absolute Gasteiger partial charge is 0.236 e. The molecule has 0 spiro atoms. The van der Waals surface area contributed by atoms with Crippen molar-refractivity contribution in [1.29, 1.82) is 0 Å². The fraction of sp³-hybridized carbons (Fsp3) is 0.929. The van der Waals surface area contributed by atoms with Gasteiger partial charge in [-0.1, -0.05) is 0 Å². The molecule has 0 aliphatic carbocycles. The van der Waals surface area contributed by atoms with E-state index in [0.29, 0.717) is 12.5 Å². The first kappa shape index (κ1) is 14.8. The number of hydrogen-bond acceptors (Lipinski definition) is 4. The Labute approximate surface area is 116 Å². The van der Waals surface area contributed by atoms with Crippen molar-refractivity contribution in [2.24, 2.45) is 11.7 Å². The second kappa shape index (κ2) is 7.22. The minimum absolute atomic E-state index is 0.311. The van der Waals surface area contributed by atoms with Gasteiger partial charge in [0, 0.05) is 26.2 Å². The van der Waals surface area contributed by atoms with Gasteiger partial charge in [0.15, 0.2) is 0 Å². The van der Waals surface area contributed by atoms with Gasteiger partial charge < -0.3 is 15.5 Å². The molecule has 2 rings (SSSR count). The lowest BCUT2D eigenvalue weighted by Crippen LogP contribution is -2.50. The Morgan fingerprint density at radius 2 is 1.74 bits per heavy atom. The van der Waals surface area contributed by atoms with Crippen LogP contribution in [0, 0.1) is 5.92 Å². The Kier molecular flexibility index (Phi) is 5.60. The molecule has 19 heavy (non-hydrogen) atoms. The summed E-state index contributed by atoms with van der Waals surface area (Å²) in [5, 5.41) is 0. The molecule has 0 saturated carbocycles. The number of hydrogen-bond donors (Lipinski definition) is 1. The number of carbonyl (C=O) groups is 1. The van der Waals surface area contributed by atoms with Gasteiger partial charge in [0.05, 0.1) is 6.54 Å². The number of nitrogens with zero attached hydrogens (tertiary/aromatic N) is 3. The van der Waals surface area contributed by atoms with Crippen LogP contribution in [0.3, 0.4) is 0 Å². The average Bonchev–Trinajstić information content (AvgIpc) is 2.42. The normalized spacial score (nSPS) is 23.8. The molecule has 5 heteroatoms. The first-order valence-corrected chi connectivity index (χ1v) is 7.58. The second-order valence-electron chi connectivity index (χ2n) is 5.98. The maximum Gasteiger partial charge on any atom is 0.236 e. The number of piperidine rings is 1. The van der Waals surface area contributed by atoms with Gasteiger partial charge in [-0.2, -0.15) is 0 Å². The maximum atomic E-state index is 12.2. The van der Waals surface area contributed by atoms with Gasteiger partial charge in [0.1, 0.15) is 0 Å². The zero-order valence-electron chi connectivity index (χ0n) is 12.2. The van der Waals surface area contributed by atoms with E-state index in [9.17, 15) is 4.79 Å². The summed E-state index contributed by atoms with van der Waals surface area (Å²) in [4.78, 5) is 18.8. The third-order valence-electron chi connectivity index (χ3n) is 4.50. The summed E-state index contributed by atoms with van der Waals surface area (Å²) >= 11 is 0. The number of piperazine rings is 1. The van der Waals surface area contributed by atoms with Crippen LogP contribution < -0.4 is 5.73 Å². The molecule has 2 aliphatic heterocycles. The highest BCUT2D eigenvalue weighted by atomic mass is 16.2. The van der Waals surface area contributed by atoms with E-state index in [1.807, 2.05) is 4.90 Å². The van der Waals surface area contributed by atoms with Crippen molar-refractivity contribution in [2.45, 2.75) is 19.3 Å². The lowest BCUT2D eigenvalue weighted by molar-refractivity contribution is -0.134. The van der Waals surface area contributed by atoms with Crippen molar-refractivity contribution in [3.05, 3.63) is 0 Å². The van der Waals surface area contributed by atoms with Gasteiger partial charge in [0.2, 0.25) is 5.91 Å². The van der Waals surface area contributed by atoms with Crippen LogP contribution in [0.5, 0.6) is 0 Å². The van der Waals surface area contributed by atoms with Crippen LogP contribution in [0.2, 0.25) is 0 Å². The van der Waals surface area contributed by atoms with Crippen molar-refractivity contribution in [3.8, 4) is 0 Å². The highest BCUT2D eigenvalue weighted by Crippen LogP contribution is 2.19. The fourth-order valence-electron chi connectivity index (χ4n) is 3.02. The molecule has 0 unspecified atom stereocenters. The summed E-state index contributed by atoms with van der Waals surface area (Å²) in [6, 6.07) is 0. The van der Waals surface area contributed by atoms with Crippen LogP contribution in [0.4, 0.5) is 0 Å². The summed E-state index contributed by atoms with van der Waals surface area (Å²) in [5.74, 6) is 1.09. The number of carbonyl (C=O) groups excluding carboxylic acids is 1. The van der Waals surface area contributed by atoms with Crippen LogP contribution in [0.15, 0.2) is 0 Å². The third kappa shape index (κ3) is 4.44. The zero-order chi connectivity index (χ0) is 13.7. The molecule has 110 valence electrons. The lowest BCUT2D eigenvalue weighted by Gasteiger charge is -2.36. The van der Waals surface area contributed by atoms with Crippen LogP contribution >= 0.6 is 0 Å². The largest absolute Gasteiger partial charge is 0.339 e. The van der Waals surface area contributed by atoms with Gasteiger partial charge in [-0.15, -0.1) is 0 Å². The molecule has 2 saturated heterocycles. The molecule has 0 aromatic heterocycles. The second-order valence-corrected chi connectivity index (χ2v) is 5.98. The van der Waals surface area contributed by atoms with Gasteiger partial charge >= 0.3 is 0 Å². The molecule has 0 radical (unpaired) electrons. The summed E-state index contributed by atoms with van der Waals surface area (Å²) in [5.41, 5.74) is 5.61. The van der Waals surface area contributed by atoms with E-state index in [0.717, 1.165) is 58.2 Å². The predicted molar refractivity (Wildman–Crippen MR) is 76.9 cm³/mol.